The zero-order valence-electron chi connectivity index (χ0n) is 11.0. The lowest BCUT2D eigenvalue weighted by atomic mass is 10.0. The van der Waals surface area contributed by atoms with Crippen molar-refractivity contribution in [2.45, 2.75) is 52.5 Å². The second-order valence-electron chi connectivity index (χ2n) is 4.44. The van der Waals surface area contributed by atoms with Crippen LogP contribution in [-0.2, 0) is 0 Å². The minimum atomic E-state index is 0.400. The Labute approximate surface area is 110 Å². The zero-order chi connectivity index (χ0) is 12.7. The van der Waals surface area contributed by atoms with Crippen molar-refractivity contribution in [1.29, 1.82) is 0 Å². The lowest BCUT2D eigenvalue weighted by Crippen LogP contribution is -2.06. The summed E-state index contributed by atoms with van der Waals surface area (Å²) in [6, 6.07) is 8.42. The number of nitrogens with zero attached hydrogens (tertiary/aromatic N) is 1. The topological polar surface area (TPSA) is 12.4 Å². The standard InChI is InChI=1S/C15H22ClN/c1-4-6-7-15(17-12(3)5-2)13-8-10-14(16)11-9-13/h8-12H,4-7H2,1-3H3/t12-/m1/s1. The van der Waals surface area contributed by atoms with Gasteiger partial charge in [-0.15, -0.1) is 0 Å². The van der Waals surface area contributed by atoms with Crippen LogP contribution in [0, 0.1) is 0 Å². The van der Waals surface area contributed by atoms with Crippen LogP contribution in [0.5, 0.6) is 0 Å². The first-order valence-corrected chi connectivity index (χ1v) is 6.87. The maximum absolute atomic E-state index is 5.91. The van der Waals surface area contributed by atoms with Gasteiger partial charge in [-0.25, -0.2) is 0 Å². The predicted octanol–water partition coefficient (Wildman–Crippen LogP) is 5.12. The molecule has 0 aliphatic carbocycles. The molecule has 1 atom stereocenters. The number of halogens is 1. The van der Waals surface area contributed by atoms with E-state index < -0.39 is 0 Å². The van der Waals surface area contributed by atoms with E-state index in [1.54, 1.807) is 0 Å². The van der Waals surface area contributed by atoms with E-state index in [2.05, 4.69) is 32.9 Å². The molecule has 0 spiro atoms. The minimum Gasteiger partial charge on any atom is -0.286 e. The van der Waals surface area contributed by atoms with Crippen LogP contribution in [0.1, 0.15) is 52.0 Å². The van der Waals surface area contributed by atoms with Crippen LogP contribution in [0.15, 0.2) is 29.3 Å². The molecule has 1 aromatic rings. The van der Waals surface area contributed by atoms with Gasteiger partial charge < -0.3 is 0 Å². The summed E-state index contributed by atoms with van der Waals surface area (Å²) in [5.74, 6) is 0. The highest BCUT2D eigenvalue weighted by atomic mass is 35.5. The summed E-state index contributed by atoms with van der Waals surface area (Å²) in [7, 11) is 0. The molecule has 0 aromatic heterocycles. The highest BCUT2D eigenvalue weighted by Gasteiger charge is 2.05. The maximum Gasteiger partial charge on any atom is 0.0472 e. The van der Waals surface area contributed by atoms with Gasteiger partial charge in [-0.2, -0.15) is 0 Å². The molecule has 0 bridgehead atoms. The monoisotopic (exact) mass is 251 g/mol. The number of hydrogen-bond acceptors (Lipinski definition) is 1. The van der Waals surface area contributed by atoms with Crippen molar-refractivity contribution in [3.8, 4) is 0 Å². The molecular weight excluding hydrogens is 230 g/mol. The second kappa shape index (κ2) is 7.50. The highest BCUT2D eigenvalue weighted by molar-refractivity contribution is 6.30. The summed E-state index contributed by atoms with van der Waals surface area (Å²) >= 11 is 5.91. The molecule has 0 aliphatic rings. The molecule has 0 unspecified atom stereocenters. The van der Waals surface area contributed by atoms with Gasteiger partial charge >= 0.3 is 0 Å². The first-order chi connectivity index (χ1) is 8.17. The van der Waals surface area contributed by atoms with Gasteiger partial charge in [-0.3, -0.25) is 4.99 Å². The van der Waals surface area contributed by atoms with Crippen LogP contribution in [0.2, 0.25) is 5.02 Å². The number of hydrogen-bond donors (Lipinski definition) is 0. The molecule has 0 aliphatic heterocycles. The Bertz CT molecular complexity index is 354. The van der Waals surface area contributed by atoms with Crippen LogP contribution in [-0.4, -0.2) is 11.8 Å². The van der Waals surface area contributed by atoms with E-state index in [-0.39, 0.29) is 0 Å². The second-order valence-corrected chi connectivity index (χ2v) is 4.88. The van der Waals surface area contributed by atoms with Crippen LogP contribution < -0.4 is 0 Å². The summed E-state index contributed by atoms with van der Waals surface area (Å²) < 4.78 is 0. The van der Waals surface area contributed by atoms with Crippen molar-refractivity contribution in [3.63, 3.8) is 0 Å². The van der Waals surface area contributed by atoms with E-state index in [9.17, 15) is 0 Å². The van der Waals surface area contributed by atoms with E-state index in [0.29, 0.717) is 6.04 Å². The molecule has 0 saturated carbocycles. The molecule has 94 valence electrons. The third kappa shape index (κ3) is 4.91. The van der Waals surface area contributed by atoms with Gasteiger partial charge in [-0.1, -0.05) is 44.0 Å². The Morgan fingerprint density at radius 2 is 1.88 bits per heavy atom. The Kier molecular flexibility index (Phi) is 6.28. The average Bonchev–Trinajstić information content (AvgIpc) is 2.35. The fourth-order valence-electron chi connectivity index (χ4n) is 1.63. The molecule has 0 saturated heterocycles. The van der Waals surface area contributed by atoms with Crippen molar-refractivity contribution in [2.75, 3.05) is 0 Å². The molecule has 0 heterocycles. The average molecular weight is 252 g/mol. The van der Waals surface area contributed by atoms with Crippen LogP contribution in [0.25, 0.3) is 0 Å². The predicted molar refractivity (Wildman–Crippen MR) is 77.3 cm³/mol. The maximum atomic E-state index is 5.91. The van der Waals surface area contributed by atoms with Crippen LogP contribution in [0.4, 0.5) is 0 Å². The molecule has 1 nitrogen and oxygen atoms in total. The SMILES string of the molecule is CCCCC(=N[C@H](C)CC)c1ccc(Cl)cc1. The number of unbranched alkanes of at least 4 members (excludes halogenated alkanes) is 1. The third-order valence-corrected chi connectivity index (χ3v) is 3.16. The summed E-state index contributed by atoms with van der Waals surface area (Å²) in [6.45, 7) is 6.55. The first kappa shape index (κ1) is 14.2. The van der Waals surface area contributed by atoms with Gasteiger partial charge in [-0.05, 0) is 43.9 Å². The van der Waals surface area contributed by atoms with E-state index >= 15 is 0 Å². The Morgan fingerprint density at radius 3 is 2.41 bits per heavy atom. The van der Waals surface area contributed by atoms with E-state index in [4.69, 9.17) is 16.6 Å². The number of rotatable bonds is 6. The summed E-state index contributed by atoms with van der Waals surface area (Å²) in [5.41, 5.74) is 2.43. The molecule has 17 heavy (non-hydrogen) atoms. The zero-order valence-corrected chi connectivity index (χ0v) is 11.8. The van der Waals surface area contributed by atoms with Gasteiger partial charge in [0.2, 0.25) is 0 Å². The molecule has 0 N–H and O–H groups in total. The summed E-state index contributed by atoms with van der Waals surface area (Å²) in [6.07, 6.45) is 4.54. The summed E-state index contributed by atoms with van der Waals surface area (Å²) in [5, 5.41) is 0.784. The van der Waals surface area contributed by atoms with Crippen LogP contribution in [0.3, 0.4) is 0 Å². The normalized spacial score (nSPS) is 13.8. The fraction of sp³-hybridized carbons (Fsp3) is 0.533. The van der Waals surface area contributed by atoms with Gasteiger partial charge in [0.25, 0.3) is 0 Å². The molecule has 0 radical (unpaired) electrons. The van der Waals surface area contributed by atoms with Crippen LogP contribution >= 0.6 is 11.6 Å². The van der Waals surface area contributed by atoms with E-state index in [0.717, 1.165) is 17.9 Å². The van der Waals surface area contributed by atoms with E-state index in [1.165, 1.54) is 24.1 Å². The molecule has 1 aromatic carbocycles. The Balaban J connectivity index is 2.89. The van der Waals surface area contributed by atoms with E-state index in [1.807, 2.05) is 12.1 Å². The molecule has 1 rings (SSSR count). The lowest BCUT2D eigenvalue weighted by molar-refractivity contribution is 0.710. The minimum absolute atomic E-state index is 0.400. The van der Waals surface area contributed by atoms with Crippen molar-refractivity contribution in [2.24, 2.45) is 4.99 Å². The first-order valence-electron chi connectivity index (χ1n) is 6.50. The largest absolute Gasteiger partial charge is 0.286 e. The van der Waals surface area contributed by atoms with Gasteiger partial charge in [0, 0.05) is 16.8 Å². The quantitative estimate of drug-likeness (QED) is 0.623. The Hall–Kier alpha value is -0.820. The molecule has 0 amide bonds. The fourth-order valence-corrected chi connectivity index (χ4v) is 1.75. The molecule has 0 fully saturated rings. The molecule has 2 heteroatoms. The highest BCUT2D eigenvalue weighted by Crippen LogP contribution is 2.14. The third-order valence-electron chi connectivity index (χ3n) is 2.91. The number of aliphatic imine (C=N–C) groups is 1. The molecular formula is C15H22ClN. The van der Waals surface area contributed by atoms with Crippen molar-refractivity contribution >= 4 is 17.3 Å². The Morgan fingerprint density at radius 1 is 1.24 bits per heavy atom. The lowest BCUT2D eigenvalue weighted by Gasteiger charge is -2.10. The van der Waals surface area contributed by atoms with Gasteiger partial charge in [0.1, 0.15) is 0 Å². The van der Waals surface area contributed by atoms with Crippen molar-refractivity contribution < 1.29 is 0 Å². The number of benzene rings is 1. The van der Waals surface area contributed by atoms with Crippen molar-refractivity contribution in [1.82, 2.24) is 0 Å². The smallest absolute Gasteiger partial charge is 0.0472 e. The van der Waals surface area contributed by atoms with Crippen molar-refractivity contribution in [3.05, 3.63) is 34.9 Å². The van der Waals surface area contributed by atoms with Gasteiger partial charge in [0.05, 0.1) is 0 Å². The van der Waals surface area contributed by atoms with Gasteiger partial charge in [0.15, 0.2) is 0 Å². The summed E-state index contributed by atoms with van der Waals surface area (Å²) in [4.78, 5) is 4.81.